The topological polar surface area (TPSA) is 127 Å². The predicted octanol–water partition coefficient (Wildman–Crippen LogP) is 9.72. The second-order valence-electron chi connectivity index (χ2n) is 15.6. The van der Waals surface area contributed by atoms with Crippen LogP contribution in [-0.4, -0.2) is 65.2 Å². The molecule has 52 heavy (non-hydrogen) atoms. The van der Waals surface area contributed by atoms with Crippen molar-refractivity contribution in [2.24, 2.45) is 5.92 Å². The van der Waals surface area contributed by atoms with Crippen LogP contribution in [0, 0.1) is 5.92 Å². The van der Waals surface area contributed by atoms with E-state index in [1.54, 1.807) is 9.80 Å². The summed E-state index contributed by atoms with van der Waals surface area (Å²) < 4.78 is 5.65. The largest absolute Gasteiger partial charge is 0.465 e. The molecule has 3 aliphatic rings. The molecule has 0 radical (unpaired) electrons. The van der Waals surface area contributed by atoms with Gasteiger partial charge in [-0.2, -0.15) is 0 Å². The van der Waals surface area contributed by atoms with E-state index in [0.717, 1.165) is 99.1 Å². The average Bonchev–Trinajstić information content (AvgIpc) is 3.98. The van der Waals surface area contributed by atoms with Gasteiger partial charge in [0.1, 0.15) is 17.2 Å². The van der Waals surface area contributed by atoms with Crippen LogP contribution in [0.4, 0.5) is 9.59 Å². The van der Waals surface area contributed by atoms with Gasteiger partial charge in [0.25, 0.3) is 0 Å². The van der Waals surface area contributed by atoms with Crippen molar-refractivity contribution < 1.29 is 19.4 Å². The molecule has 4 atom stereocenters. The highest BCUT2D eigenvalue weighted by Gasteiger charge is 2.50. The normalized spacial score (nSPS) is 21.4. The molecular weight excluding hydrogens is 652 g/mol. The number of hydrogen-bond acceptors (Lipinski definition) is 5. The number of carboxylic acid groups (broad SMARTS) is 1. The van der Waals surface area contributed by atoms with Crippen molar-refractivity contribution in [2.45, 2.75) is 76.6 Å². The van der Waals surface area contributed by atoms with Crippen molar-refractivity contribution in [3.05, 3.63) is 96.7 Å². The number of carbonyl (C=O) groups is 2. The number of fused-ring (bicyclic) bond motifs is 4. The fraction of sp³-hybridized carbons (Fsp3) is 0.333. The molecule has 2 amide bonds. The SMILES string of the molecule is CC(C)(C)OC(=O)N1CCCC1c1ncc(-c2ccc3cc(-c4ccc(-c5ccc6nc(C7C8CCC(C8)N7C(=O)O)[nH]c6c5)cc4)ccc3c2)[nH]1. The first-order valence-corrected chi connectivity index (χ1v) is 18.3. The van der Waals surface area contributed by atoms with E-state index < -0.39 is 11.7 Å². The van der Waals surface area contributed by atoms with E-state index in [1.165, 1.54) is 0 Å². The number of likely N-dealkylation sites (tertiary alicyclic amines) is 2. The fourth-order valence-corrected chi connectivity index (χ4v) is 8.66. The molecule has 10 nitrogen and oxygen atoms in total. The number of imidazole rings is 2. The third-order valence-electron chi connectivity index (χ3n) is 11.1. The number of H-pyrrole nitrogens is 2. The van der Waals surface area contributed by atoms with E-state index in [1.807, 2.05) is 33.0 Å². The maximum atomic E-state index is 12.8. The first kappa shape index (κ1) is 32.3. The van der Waals surface area contributed by atoms with Gasteiger partial charge in [-0.15, -0.1) is 0 Å². The molecule has 4 heterocycles. The number of nitrogens with one attached hydrogen (secondary N) is 2. The Hall–Kier alpha value is -5.64. The summed E-state index contributed by atoms with van der Waals surface area (Å²) >= 11 is 0. The van der Waals surface area contributed by atoms with Crippen LogP contribution in [0.5, 0.6) is 0 Å². The fourth-order valence-electron chi connectivity index (χ4n) is 8.66. The number of piperidine rings is 1. The summed E-state index contributed by atoms with van der Waals surface area (Å²) in [6, 6.07) is 27.6. The highest BCUT2D eigenvalue weighted by atomic mass is 16.6. The van der Waals surface area contributed by atoms with Crippen LogP contribution < -0.4 is 0 Å². The molecule has 2 aromatic heterocycles. The number of carbonyl (C=O) groups excluding carboxylic acids is 1. The first-order chi connectivity index (χ1) is 25.1. The quantitative estimate of drug-likeness (QED) is 0.165. The zero-order chi connectivity index (χ0) is 35.7. The predicted molar refractivity (Wildman–Crippen MR) is 201 cm³/mol. The zero-order valence-electron chi connectivity index (χ0n) is 29.6. The van der Waals surface area contributed by atoms with Crippen LogP contribution in [-0.2, 0) is 4.74 Å². The number of benzene rings is 4. The molecule has 9 rings (SSSR count). The van der Waals surface area contributed by atoms with Gasteiger partial charge >= 0.3 is 12.2 Å². The van der Waals surface area contributed by atoms with E-state index in [-0.39, 0.29) is 24.2 Å². The van der Waals surface area contributed by atoms with Crippen LogP contribution in [0.1, 0.15) is 76.6 Å². The Kier molecular flexibility index (Phi) is 7.60. The van der Waals surface area contributed by atoms with Gasteiger partial charge in [-0.3, -0.25) is 9.80 Å². The van der Waals surface area contributed by atoms with Crippen LogP contribution >= 0.6 is 0 Å². The monoisotopic (exact) mass is 694 g/mol. The highest BCUT2D eigenvalue weighted by molar-refractivity contribution is 5.91. The number of ether oxygens (including phenoxy) is 1. The van der Waals surface area contributed by atoms with Gasteiger partial charge < -0.3 is 19.8 Å². The number of hydrogen-bond donors (Lipinski definition) is 3. The molecule has 1 saturated carbocycles. The molecule has 4 aromatic carbocycles. The van der Waals surface area contributed by atoms with Crippen LogP contribution in [0.25, 0.3) is 55.3 Å². The Labute approximate surface area is 301 Å². The number of aromatic amines is 2. The van der Waals surface area contributed by atoms with Crippen LogP contribution in [0.2, 0.25) is 0 Å². The van der Waals surface area contributed by atoms with Gasteiger partial charge in [-0.1, -0.05) is 54.6 Å². The number of nitrogens with zero attached hydrogens (tertiary/aromatic N) is 4. The lowest BCUT2D eigenvalue weighted by Gasteiger charge is -2.31. The third-order valence-corrected chi connectivity index (χ3v) is 11.1. The maximum absolute atomic E-state index is 12.8. The van der Waals surface area contributed by atoms with Gasteiger partial charge in [-0.25, -0.2) is 19.6 Å². The van der Waals surface area contributed by atoms with Crippen molar-refractivity contribution in [1.29, 1.82) is 0 Å². The molecule has 2 bridgehead atoms. The zero-order valence-corrected chi connectivity index (χ0v) is 29.6. The number of rotatable bonds is 5. The summed E-state index contributed by atoms with van der Waals surface area (Å²) in [5, 5.41) is 12.2. The van der Waals surface area contributed by atoms with E-state index >= 15 is 0 Å². The minimum Gasteiger partial charge on any atom is -0.465 e. The molecule has 264 valence electrons. The van der Waals surface area contributed by atoms with Gasteiger partial charge in [0.05, 0.1) is 35.0 Å². The highest BCUT2D eigenvalue weighted by Crippen LogP contribution is 2.49. The van der Waals surface area contributed by atoms with Crippen molar-refractivity contribution in [2.75, 3.05) is 6.54 Å². The second kappa shape index (κ2) is 12.3. The minimum atomic E-state index is -0.854. The second-order valence-corrected chi connectivity index (χ2v) is 15.6. The maximum Gasteiger partial charge on any atom is 0.410 e. The third kappa shape index (κ3) is 5.76. The molecule has 6 aromatic rings. The summed E-state index contributed by atoms with van der Waals surface area (Å²) in [7, 11) is 0. The summed E-state index contributed by atoms with van der Waals surface area (Å²) in [6.45, 7) is 6.32. The Bertz CT molecular complexity index is 2340. The lowest BCUT2D eigenvalue weighted by molar-refractivity contribution is 0.0218. The summed E-state index contributed by atoms with van der Waals surface area (Å²) in [6.07, 6.45) is 5.40. The molecule has 2 saturated heterocycles. The lowest BCUT2D eigenvalue weighted by Crippen LogP contribution is -2.39. The molecule has 0 spiro atoms. The Balaban J connectivity index is 0.912. The van der Waals surface area contributed by atoms with E-state index in [2.05, 4.69) is 87.7 Å². The Morgan fingerprint density at radius 1 is 0.808 bits per heavy atom. The minimum absolute atomic E-state index is 0.105. The molecule has 1 aliphatic carbocycles. The number of amides is 2. The van der Waals surface area contributed by atoms with Crippen LogP contribution in [0.3, 0.4) is 0 Å². The van der Waals surface area contributed by atoms with Gasteiger partial charge in [0, 0.05) is 18.2 Å². The van der Waals surface area contributed by atoms with Crippen LogP contribution in [0.15, 0.2) is 85.1 Å². The van der Waals surface area contributed by atoms with Crippen molar-refractivity contribution >= 4 is 34.0 Å². The Morgan fingerprint density at radius 3 is 2.21 bits per heavy atom. The van der Waals surface area contributed by atoms with E-state index in [4.69, 9.17) is 9.72 Å². The summed E-state index contributed by atoms with van der Waals surface area (Å²) in [5.41, 5.74) is 7.66. The first-order valence-electron chi connectivity index (χ1n) is 18.3. The van der Waals surface area contributed by atoms with Gasteiger partial charge in [0.15, 0.2) is 0 Å². The lowest BCUT2D eigenvalue weighted by atomic mass is 9.97. The van der Waals surface area contributed by atoms with E-state index in [0.29, 0.717) is 12.5 Å². The molecule has 10 heteroatoms. The number of aromatic nitrogens is 4. The summed E-state index contributed by atoms with van der Waals surface area (Å²) in [4.78, 5) is 44.8. The van der Waals surface area contributed by atoms with Gasteiger partial charge in [-0.05, 0) is 116 Å². The van der Waals surface area contributed by atoms with Crippen molar-refractivity contribution in [1.82, 2.24) is 29.7 Å². The standard InChI is InChI=1S/C42H42N6O4/c1-42(2,3)52-41(51)47-18-4-5-36(47)38-43-23-35(46-38)30-13-12-27-19-26(10-11-28(27)20-30)24-6-8-25(9-7-24)29-15-17-33-34(22-29)45-39(44-33)37-31-14-16-32(21-31)48(37)40(49)50/h6-13,15,17,19-20,22-23,31-32,36-37H,4-5,14,16,18,21H2,1-3H3,(H,43,46)(H,44,45)(H,49,50). The molecule has 2 aliphatic heterocycles. The van der Waals surface area contributed by atoms with Crippen molar-refractivity contribution in [3.63, 3.8) is 0 Å². The van der Waals surface area contributed by atoms with Crippen molar-refractivity contribution in [3.8, 4) is 33.5 Å². The molecule has 3 fully saturated rings. The Morgan fingerprint density at radius 2 is 1.48 bits per heavy atom. The molecular formula is C42H42N6O4. The summed E-state index contributed by atoms with van der Waals surface area (Å²) in [5.74, 6) is 1.87. The van der Waals surface area contributed by atoms with E-state index in [9.17, 15) is 14.7 Å². The average molecular weight is 695 g/mol. The molecule has 3 N–H and O–H groups in total. The smallest absolute Gasteiger partial charge is 0.410 e. The van der Waals surface area contributed by atoms with Gasteiger partial charge in [0.2, 0.25) is 0 Å². The molecule has 4 unspecified atom stereocenters.